The molecule has 30 heavy (non-hydrogen) atoms. The Kier molecular flexibility index (Phi) is 4.55. The Labute approximate surface area is 179 Å². The molecule has 5 heteroatoms. The number of thiophene rings is 1. The minimum atomic E-state index is -0.181. The van der Waals surface area contributed by atoms with Crippen LogP contribution in [0.5, 0.6) is 0 Å². The van der Waals surface area contributed by atoms with Crippen LogP contribution in [0.4, 0.5) is 11.4 Å². The molecule has 0 fully saturated rings. The molecule has 0 radical (unpaired) electrons. The lowest BCUT2D eigenvalue weighted by Crippen LogP contribution is -2.12. The first-order valence-corrected chi connectivity index (χ1v) is 11.0. The van der Waals surface area contributed by atoms with E-state index in [1.165, 1.54) is 22.5 Å². The van der Waals surface area contributed by atoms with Crippen LogP contribution in [-0.2, 0) is 12.8 Å². The second-order valence-corrected chi connectivity index (χ2v) is 8.92. The summed E-state index contributed by atoms with van der Waals surface area (Å²) in [5.74, 6) is -0.181. The molecule has 4 aromatic rings. The quantitative estimate of drug-likeness (QED) is 0.439. The first-order chi connectivity index (χ1) is 14.5. The minimum Gasteiger partial charge on any atom is -0.397 e. The van der Waals surface area contributed by atoms with Crippen molar-refractivity contribution in [2.45, 2.75) is 33.1 Å². The first kappa shape index (κ1) is 18.8. The number of anilines is 2. The molecule has 0 saturated carbocycles. The molecule has 150 valence electrons. The number of para-hydroxylation sites is 1. The number of carbonyl (C=O) groups is 1. The lowest BCUT2D eigenvalue weighted by Gasteiger charge is -2.12. The Morgan fingerprint density at radius 3 is 2.60 bits per heavy atom. The normalized spacial score (nSPS) is 12.9. The van der Waals surface area contributed by atoms with Crippen LogP contribution in [0.3, 0.4) is 0 Å². The summed E-state index contributed by atoms with van der Waals surface area (Å²) >= 11 is 1.39. The number of nitrogens with two attached hydrogens (primary N) is 1. The highest BCUT2D eigenvalue weighted by Gasteiger charge is 2.26. The smallest absolute Gasteiger partial charge is 0.267 e. The molecule has 2 aromatic heterocycles. The Balaban J connectivity index is 1.67. The van der Waals surface area contributed by atoms with Crippen LogP contribution >= 0.6 is 11.3 Å². The highest BCUT2D eigenvalue weighted by Crippen LogP contribution is 2.44. The third kappa shape index (κ3) is 3.06. The maximum absolute atomic E-state index is 13.1. The number of benzene rings is 2. The molecule has 0 unspecified atom stereocenters. The van der Waals surface area contributed by atoms with Gasteiger partial charge in [-0.1, -0.05) is 48.0 Å². The number of carbonyl (C=O) groups excluding carboxylic acids is 1. The number of nitrogens with one attached hydrogen (secondary N) is 1. The Bertz CT molecular complexity index is 1290. The van der Waals surface area contributed by atoms with Crippen molar-refractivity contribution in [3.8, 4) is 11.1 Å². The third-order valence-corrected chi connectivity index (χ3v) is 6.94. The van der Waals surface area contributed by atoms with E-state index in [1.807, 2.05) is 31.2 Å². The van der Waals surface area contributed by atoms with Crippen LogP contribution in [0.2, 0.25) is 0 Å². The van der Waals surface area contributed by atoms with Crippen LogP contribution in [0.15, 0.2) is 48.5 Å². The number of pyridine rings is 1. The van der Waals surface area contributed by atoms with Crippen molar-refractivity contribution in [2.24, 2.45) is 0 Å². The number of amides is 1. The summed E-state index contributed by atoms with van der Waals surface area (Å²) in [6, 6.07) is 16.3. The Morgan fingerprint density at radius 2 is 1.83 bits per heavy atom. The van der Waals surface area contributed by atoms with Gasteiger partial charge in [-0.25, -0.2) is 4.98 Å². The van der Waals surface area contributed by atoms with Crippen molar-refractivity contribution >= 4 is 38.8 Å². The van der Waals surface area contributed by atoms with Crippen LogP contribution in [0.1, 0.15) is 38.5 Å². The fourth-order valence-electron chi connectivity index (χ4n) is 4.25. The summed E-state index contributed by atoms with van der Waals surface area (Å²) in [5.41, 5.74) is 14.9. The molecule has 2 aromatic carbocycles. The van der Waals surface area contributed by atoms with Gasteiger partial charge in [0.15, 0.2) is 0 Å². The lowest BCUT2D eigenvalue weighted by atomic mass is 9.95. The predicted octanol–water partition coefficient (Wildman–Crippen LogP) is 5.90. The van der Waals surface area contributed by atoms with E-state index in [-0.39, 0.29) is 5.91 Å². The molecule has 0 saturated heterocycles. The topological polar surface area (TPSA) is 68.0 Å². The van der Waals surface area contributed by atoms with E-state index >= 15 is 0 Å². The zero-order valence-electron chi connectivity index (χ0n) is 17.1. The highest BCUT2D eigenvalue weighted by molar-refractivity contribution is 7.21. The van der Waals surface area contributed by atoms with Gasteiger partial charge in [0, 0.05) is 16.8 Å². The van der Waals surface area contributed by atoms with Crippen LogP contribution in [-0.4, -0.2) is 10.9 Å². The molecule has 4 nitrogen and oxygen atoms in total. The zero-order valence-corrected chi connectivity index (χ0v) is 17.9. The molecule has 3 N–H and O–H groups in total. The van der Waals surface area contributed by atoms with Gasteiger partial charge in [0.05, 0.1) is 5.69 Å². The van der Waals surface area contributed by atoms with Gasteiger partial charge in [-0.3, -0.25) is 4.79 Å². The molecular weight excluding hydrogens is 390 g/mol. The molecular formula is C25H23N3OS. The monoisotopic (exact) mass is 413 g/mol. The number of nitrogen functional groups attached to an aromatic ring is 1. The van der Waals surface area contributed by atoms with Crippen LogP contribution in [0, 0.1) is 13.8 Å². The Hall–Kier alpha value is -3.18. The Morgan fingerprint density at radius 1 is 1.07 bits per heavy atom. The SMILES string of the molecule is Cc1ccc(-c2c3c(nc4sc(C(=O)Nc5ccccc5C)c(N)c24)CCC3)cc1. The minimum absolute atomic E-state index is 0.181. The third-order valence-electron chi connectivity index (χ3n) is 5.84. The van der Waals surface area contributed by atoms with Crippen molar-refractivity contribution in [1.82, 2.24) is 4.98 Å². The van der Waals surface area contributed by atoms with Crippen molar-refractivity contribution in [3.63, 3.8) is 0 Å². The van der Waals surface area contributed by atoms with Crippen LogP contribution in [0.25, 0.3) is 21.3 Å². The average molecular weight is 414 g/mol. The second kappa shape index (κ2) is 7.26. The van der Waals surface area contributed by atoms with Crippen molar-refractivity contribution in [3.05, 3.63) is 75.8 Å². The average Bonchev–Trinajstić information content (AvgIpc) is 3.33. The molecule has 5 rings (SSSR count). The summed E-state index contributed by atoms with van der Waals surface area (Å²) in [6.45, 7) is 4.06. The van der Waals surface area contributed by atoms with Crippen molar-refractivity contribution < 1.29 is 4.79 Å². The van der Waals surface area contributed by atoms with Gasteiger partial charge in [0.25, 0.3) is 5.91 Å². The maximum atomic E-state index is 13.1. The molecule has 0 bridgehead atoms. The summed E-state index contributed by atoms with van der Waals surface area (Å²) in [5, 5.41) is 3.93. The molecule has 1 aliphatic rings. The number of nitrogens with zero attached hydrogens (tertiary/aromatic N) is 1. The number of aryl methyl sites for hydroxylation is 3. The summed E-state index contributed by atoms with van der Waals surface area (Å²) in [4.78, 5) is 19.4. The number of rotatable bonds is 3. The van der Waals surface area contributed by atoms with E-state index in [9.17, 15) is 4.79 Å². The fraction of sp³-hybridized carbons (Fsp3) is 0.200. The highest BCUT2D eigenvalue weighted by atomic mass is 32.1. The van der Waals surface area contributed by atoms with Gasteiger partial charge in [-0.2, -0.15) is 0 Å². The zero-order chi connectivity index (χ0) is 20.8. The number of aromatic nitrogens is 1. The van der Waals surface area contributed by atoms with E-state index in [4.69, 9.17) is 10.7 Å². The summed E-state index contributed by atoms with van der Waals surface area (Å²) < 4.78 is 0. The van der Waals surface area contributed by atoms with Gasteiger partial charge < -0.3 is 11.1 Å². The van der Waals surface area contributed by atoms with E-state index in [2.05, 4.69) is 36.5 Å². The summed E-state index contributed by atoms with van der Waals surface area (Å²) in [6.07, 6.45) is 3.09. The van der Waals surface area contributed by atoms with Gasteiger partial charge in [-0.15, -0.1) is 11.3 Å². The molecule has 1 aliphatic carbocycles. The number of hydrogen-bond donors (Lipinski definition) is 2. The van der Waals surface area contributed by atoms with E-state index in [1.54, 1.807) is 0 Å². The molecule has 0 atom stereocenters. The largest absolute Gasteiger partial charge is 0.397 e. The lowest BCUT2D eigenvalue weighted by molar-refractivity contribution is 0.103. The van der Waals surface area contributed by atoms with Gasteiger partial charge >= 0.3 is 0 Å². The van der Waals surface area contributed by atoms with E-state index in [0.717, 1.165) is 57.6 Å². The van der Waals surface area contributed by atoms with Crippen molar-refractivity contribution in [1.29, 1.82) is 0 Å². The molecule has 0 spiro atoms. The summed E-state index contributed by atoms with van der Waals surface area (Å²) in [7, 11) is 0. The van der Waals surface area contributed by atoms with Gasteiger partial charge in [-0.05, 0) is 61.4 Å². The number of fused-ring (bicyclic) bond motifs is 2. The molecule has 2 heterocycles. The second-order valence-electron chi connectivity index (χ2n) is 7.93. The van der Waals surface area contributed by atoms with Crippen LogP contribution < -0.4 is 11.1 Å². The van der Waals surface area contributed by atoms with Gasteiger partial charge in [0.2, 0.25) is 0 Å². The molecule has 1 amide bonds. The van der Waals surface area contributed by atoms with Gasteiger partial charge in [0.1, 0.15) is 9.71 Å². The number of hydrogen-bond acceptors (Lipinski definition) is 4. The molecule has 0 aliphatic heterocycles. The first-order valence-electron chi connectivity index (χ1n) is 10.2. The standard InChI is InChI=1S/C25H23N3OS/c1-14-10-12-16(13-11-14)20-17-7-5-9-19(17)28-25-21(20)22(26)23(30-25)24(29)27-18-8-4-3-6-15(18)2/h3-4,6,8,10-13H,5,7,9,26H2,1-2H3,(H,27,29). The maximum Gasteiger partial charge on any atom is 0.267 e. The predicted molar refractivity (Wildman–Crippen MR) is 125 cm³/mol. The van der Waals surface area contributed by atoms with E-state index < -0.39 is 0 Å². The fourth-order valence-corrected chi connectivity index (χ4v) is 5.26. The van der Waals surface area contributed by atoms with E-state index in [0.29, 0.717) is 10.6 Å². The van der Waals surface area contributed by atoms with Crippen molar-refractivity contribution in [2.75, 3.05) is 11.1 Å².